The predicted molar refractivity (Wildman–Crippen MR) is 110 cm³/mol. The average Bonchev–Trinajstić information content (AvgIpc) is 3.05. The Morgan fingerprint density at radius 2 is 1.89 bits per heavy atom. The van der Waals surface area contributed by atoms with Crippen molar-refractivity contribution in [1.29, 1.82) is 0 Å². The lowest BCUT2D eigenvalue weighted by Crippen LogP contribution is -3.12. The number of pyridine rings is 1. The third kappa shape index (κ3) is 3.65. The molecule has 1 N–H and O–H groups in total. The minimum absolute atomic E-state index is 0.110. The minimum atomic E-state index is -0.110. The van der Waals surface area contributed by atoms with Crippen molar-refractivity contribution in [3.63, 3.8) is 0 Å². The van der Waals surface area contributed by atoms with Gasteiger partial charge in [0, 0.05) is 17.1 Å². The molecule has 6 nitrogen and oxygen atoms in total. The lowest BCUT2D eigenvalue weighted by Gasteiger charge is -2.31. The van der Waals surface area contributed by atoms with Gasteiger partial charge in [0.25, 0.3) is 0 Å². The highest BCUT2D eigenvalue weighted by atomic mass is 15.6. The average molecular weight is 380 g/mol. The summed E-state index contributed by atoms with van der Waals surface area (Å²) in [5.41, 5.74) is 2.20. The third-order valence-corrected chi connectivity index (χ3v) is 6.30. The van der Waals surface area contributed by atoms with Crippen molar-refractivity contribution < 1.29 is 4.90 Å². The first kappa shape index (κ1) is 19.0. The van der Waals surface area contributed by atoms with Crippen LogP contribution in [0.25, 0.3) is 10.9 Å². The van der Waals surface area contributed by atoms with Crippen LogP contribution in [-0.2, 0) is 5.54 Å². The number of likely N-dealkylation sites (tertiary alicyclic amines) is 1. The Bertz CT molecular complexity index is 923. The zero-order valence-electron chi connectivity index (χ0n) is 17.2. The van der Waals surface area contributed by atoms with E-state index in [1.165, 1.54) is 36.6 Å². The lowest BCUT2D eigenvalue weighted by atomic mass is 9.98. The van der Waals surface area contributed by atoms with E-state index < -0.39 is 0 Å². The molecule has 1 atom stereocenters. The Morgan fingerprint density at radius 1 is 1.11 bits per heavy atom. The van der Waals surface area contributed by atoms with E-state index in [0.717, 1.165) is 30.9 Å². The van der Waals surface area contributed by atoms with Crippen molar-refractivity contribution in [2.45, 2.75) is 64.5 Å². The first-order valence-corrected chi connectivity index (χ1v) is 10.6. The molecule has 0 radical (unpaired) electrons. The van der Waals surface area contributed by atoms with E-state index in [2.05, 4.69) is 70.2 Å². The van der Waals surface area contributed by atoms with Crippen LogP contribution < -0.4 is 4.90 Å². The van der Waals surface area contributed by atoms with Gasteiger partial charge in [-0.25, -0.2) is 4.68 Å². The molecule has 1 aliphatic heterocycles. The number of quaternary nitrogens is 1. The number of aromatic nitrogens is 5. The highest BCUT2D eigenvalue weighted by Crippen LogP contribution is 2.26. The van der Waals surface area contributed by atoms with Gasteiger partial charge in [-0.2, -0.15) is 0 Å². The van der Waals surface area contributed by atoms with Crippen molar-refractivity contribution in [3.8, 4) is 0 Å². The van der Waals surface area contributed by atoms with Crippen molar-refractivity contribution in [1.82, 2.24) is 25.2 Å². The molecule has 1 saturated heterocycles. The smallest absolute Gasteiger partial charge is 0.214 e. The van der Waals surface area contributed by atoms with E-state index in [1.807, 2.05) is 12.3 Å². The summed E-state index contributed by atoms with van der Waals surface area (Å²) in [5, 5.41) is 14.2. The molecule has 2 aromatic heterocycles. The molecule has 1 aromatic carbocycles. The van der Waals surface area contributed by atoms with Crippen LogP contribution in [0.1, 0.15) is 70.3 Å². The van der Waals surface area contributed by atoms with Crippen molar-refractivity contribution in [2.75, 3.05) is 13.1 Å². The second kappa shape index (κ2) is 7.95. The molecule has 0 unspecified atom stereocenters. The van der Waals surface area contributed by atoms with Crippen LogP contribution in [0.4, 0.5) is 0 Å². The highest BCUT2D eigenvalue weighted by Gasteiger charge is 2.35. The standard InChI is InChI=1S/C22H30N6/c1-4-22(2,3)28-21(24-25-26-28)20(27-14-7-5-6-8-15-27)18-11-12-19-17(16-18)10-9-13-23-19/h9-13,16,20H,4-8,14-15H2,1-3H3/p+1/t20-/m0/s1. The lowest BCUT2D eigenvalue weighted by molar-refractivity contribution is -0.925. The Balaban J connectivity index is 1.83. The Hall–Kier alpha value is -2.34. The molecule has 28 heavy (non-hydrogen) atoms. The molecule has 0 aliphatic carbocycles. The fraction of sp³-hybridized carbons (Fsp3) is 0.545. The molecular formula is C22H31N6+. The van der Waals surface area contributed by atoms with Crippen LogP contribution in [0.3, 0.4) is 0 Å². The summed E-state index contributed by atoms with van der Waals surface area (Å²) in [6.45, 7) is 8.95. The van der Waals surface area contributed by atoms with E-state index in [-0.39, 0.29) is 11.6 Å². The maximum Gasteiger partial charge on any atom is 0.214 e. The van der Waals surface area contributed by atoms with Gasteiger partial charge in [-0.3, -0.25) is 4.98 Å². The molecule has 0 amide bonds. The number of nitrogens with zero attached hydrogens (tertiary/aromatic N) is 5. The Morgan fingerprint density at radius 3 is 2.64 bits per heavy atom. The number of hydrogen-bond donors (Lipinski definition) is 1. The largest absolute Gasteiger partial charge is 0.322 e. The Labute approximate surface area is 167 Å². The molecule has 0 saturated carbocycles. The van der Waals surface area contributed by atoms with E-state index in [1.54, 1.807) is 4.90 Å². The molecular weight excluding hydrogens is 348 g/mol. The molecule has 3 heterocycles. The number of hydrogen-bond acceptors (Lipinski definition) is 4. The summed E-state index contributed by atoms with van der Waals surface area (Å²) in [7, 11) is 0. The number of nitrogens with one attached hydrogen (secondary N) is 1. The molecule has 0 bridgehead atoms. The van der Waals surface area contributed by atoms with E-state index in [4.69, 9.17) is 0 Å². The van der Waals surface area contributed by atoms with E-state index in [9.17, 15) is 0 Å². The molecule has 0 spiro atoms. The molecule has 1 fully saturated rings. The van der Waals surface area contributed by atoms with Crippen molar-refractivity contribution in [2.24, 2.45) is 0 Å². The predicted octanol–water partition coefficient (Wildman–Crippen LogP) is 2.91. The van der Waals surface area contributed by atoms with Crippen molar-refractivity contribution in [3.05, 3.63) is 47.9 Å². The van der Waals surface area contributed by atoms with Gasteiger partial charge in [0.2, 0.25) is 5.82 Å². The summed E-state index contributed by atoms with van der Waals surface area (Å²) in [5.74, 6) is 0.979. The fourth-order valence-electron chi connectivity index (χ4n) is 4.27. The van der Waals surface area contributed by atoms with Gasteiger partial charge >= 0.3 is 0 Å². The second-order valence-electron chi connectivity index (χ2n) is 8.58. The number of benzene rings is 1. The van der Waals surface area contributed by atoms with Gasteiger partial charge in [0.1, 0.15) is 0 Å². The van der Waals surface area contributed by atoms with Gasteiger partial charge in [-0.1, -0.05) is 19.1 Å². The molecule has 1 aliphatic rings. The summed E-state index contributed by atoms with van der Waals surface area (Å²) >= 11 is 0. The first-order chi connectivity index (χ1) is 13.6. The minimum Gasteiger partial charge on any atom is -0.322 e. The zero-order chi connectivity index (χ0) is 19.6. The molecule has 148 valence electrons. The van der Waals surface area contributed by atoms with Crippen molar-refractivity contribution >= 4 is 10.9 Å². The maximum absolute atomic E-state index is 4.56. The van der Waals surface area contributed by atoms with E-state index >= 15 is 0 Å². The third-order valence-electron chi connectivity index (χ3n) is 6.30. The van der Waals surface area contributed by atoms with E-state index in [0.29, 0.717) is 0 Å². The van der Waals surface area contributed by atoms with Gasteiger partial charge in [-0.15, -0.1) is 5.10 Å². The number of fused-ring (bicyclic) bond motifs is 1. The second-order valence-corrected chi connectivity index (χ2v) is 8.58. The first-order valence-electron chi connectivity index (χ1n) is 10.6. The monoisotopic (exact) mass is 379 g/mol. The van der Waals surface area contributed by atoms with Crippen LogP contribution in [0.15, 0.2) is 36.5 Å². The van der Waals surface area contributed by atoms with Gasteiger partial charge in [-0.05, 0) is 74.6 Å². The van der Waals surface area contributed by atoms with Crippen LogP contribution >= 0.6 is 0 Å². The van der Waals surface area contributed by atoms with Crippen LogP contribution in [0.2, 0.25) is 0 Å². The summed E-state index contributed by atoms with van der Waals surface area (Å²) in [6, 6.07) is 10.9. The number of tetrazole rings is 1. The normalized spacial score (nSPS) is 17.5. The maximum atomic E-state index is 4.56. The molecule has 6 heteroatoms. The topological polar surface area (TPSA) is 60.9 Å². The van der Waals surface area contributed by atoms with Crippen LogP contribution in [-0.4, -0.2) is 38.3 Å². The summed E-state index contributed by atoms with van der Waals surface area (Å²) < 4.78 is 2.06. The zero-order valence-corrected chi connectivity index (χ0v) is 17.2. The van der Waals surface area contributed by atoms with Gasteiger partial charge in [0.15, 0.2) is 6.04 Å². The van der Waals surface area contributed by atoms with Crippen LogP contribution in [0, 0.1) is 0 Å². The summed E-state index contributed by atoms with van der Waals surface area (Å²) in [4.78, 5) is 6.06. The Kier molecular flexibility index (Phi) is 5.40. The highest BCUT2D eigenvalue weighted by molar-refractivity contribution is 5.79. The van der Waals surface area contributed by atoms with Crippen LogP contribution in [0.5, 0.6) is 0 Å². The molecule has 4 rings (SSSR count). The summed E-state index contributed by atoms with van der Waals surface area (Å²) in [6.07, 6.45) is 8.00. The molecule has 3 aromatic rings. The van der Waals surface area contributed by atoms with Gasteiger partial charge in [0.05, 0.1) is 24.1 Å². The fourth-order valence-corrected chi connectivity index (χ4v) is 4.27. The number of rotatable bonds is 5. The van der Waals surface area contributed by atoms with Gasteiger partial charge < -0.3 is 4.90 Å². The SMILES string of the molecule is CCC(C)(C)n1nnnc1[C@H](c1ccc2ncccc2c1)[NH+]1CCCCCC1. The quantitative estimate of drug-likeness (QED) is 0.740.